The van der Waals surface area contributed by atoms with E-state index in [0.717, 1.165) is 44.9 Å². The number of rotatable bonds is 10. The van der Waals surface area contributed by atoms with Crippen molar-refractivity contribution in [2.75, 3.05) is 6.61 Å². The minimum Gasteiger partial charge on any atom is -0.481 e. The van der Waals surface area contributed by atoms with Crippen LogP contribution < -0.4 is 0 Å². The summed E-state index contributed by atoms with van der Waals surface area (Å²) >= 11 is 0. The van der Waals surface area contributed by atoms with Crippen molar-refractivity contribution in [1.82, 2.24) is 0 Å². The maximum absolute atomic E-state index is 10.2. The van der Waals surface area contributed by atoms with E-state index in [1.54, 1.807) is 0 Å². The first-order valence-corrected chi connectivity index (χ1v) is 5.25. The third kappa shape index (κ3) is 11.4. The second-order valence-corrected chi connectivity index (χ2v) is 3.45. The van der Waals surface area contributed by atoms with Crippen LogP contribution in [0.1, 0.15) is 51.4 Å². The topological polar surface area (TPSA) is 66.8 Å². The molecule has 0 fully saturated rings. The average Bonchev–Trinajstić information content (AvgIpc) is 2.15. The van der Waals surface area contributed by atoms with Crippen molar-refractivity contribution in [1.29, 1.82) is 0 Å². The van der Waals surface area contributed by atoms with E-state index in [4.69, 9.17) is 10.4 Å². The Bertz CT molecular complexity index is 136. The number of carboxylic acids is 1. The zero-order valence-corrected chi connectivity index (χ0v) is 8.57. The van der Waals surface area contributed by atoms with Gasteiger partial charge >= 0.3 is 5.97 Å². The molecule has 4 nitrogen and oxygen atoms in total. The van der Waals surface area contributed by atoms with Gasteiger partial charge in [-0.15, -0.1) is 0 Å². The smallest absolute Gasteiger partial charge is 0.303 e. The summed E-state index contributed by atoms with van der Waals surface area (Å²) in [7, 11) is 0. The maximum atomic E-state index is 10.2. The fourth-order valence-corrected chi connectivity index (χ4v) is 1.33. The highest BCUT2D eigenvalue weighted by Gasteiger charge is 1.96. The Morgan fingerprint density at radius 3 is 1.93 bits per heavy atom. The first-order valence-electron chi connectivity index (χ1n) is 5.25. The lowest BCUT2D eigenvalue weighted by molar-refractivity contribution is -0.242. The summed E-state index contributed by atoms with van der Waals surface area (Å²) in [5.74, 6) is -0.704. The van der Waals surface area contributed by atoms with E-state index in [9.17, 15) is 4.79 Å². The van der Waals surface area contributed by atoms with Gasteiger partial charge in [0, 0.05) is 6.42 Å². The van der Waals surface area contributed by atoms with Gasteiger partial charge in [0.2, 0.25) is 0 Å². The van der Waals surface area contributed by atoms with Gasteiger partial charge < -0.3 is 5.11 Å². The Labute approximate surface area is 84.8 Å². The van der Waals surface area contributed by atoms with E-state index in [1.165, 1.54) is 0 Å². The van der Waals surface area contributed by atoms with Gasteiger partial charge in [-0.3, -0.25) is 10.1 Å². The van der Waals surface area contributed by atoms with Gasteiger partial charge in [0.1, 0.15) is 0 Å². The van der Waals surface area contributed by atoms with Gasteiger partial charge in [0.05, 0.1) is 6.61 Å². The lowest BCUT2D eigenvalue weighted by atomic mass is 10.1. The van der Waals surface area contributed by atoms with Crippen molar-refractivity contribution >= 4 is 5.97 Å². The number of unbranched alkanes of at least 4 members (excludes halogenated alkanes) is 6. The molecule has 0 radical (unpaired) electrons. The highest BCUT2D eigenvalue weighted by Crippen LogP contribution is 2.08. The molecule has 0 aliphatic carbocycles. The summed E-state index contributed by atoms with van der Waals surface area (Å²) in [6.45, 7) is 0.416. The zero-order chi connectivity index (χ0) is 10.6. The number of aliphatic carboxylic acids is 1. The van der Waals surface area contributed by atoms with E-state index in [-0.39, 0.29) is 0 Å². The van der Waals surface area contributed by atoms with Crippen molar-refractivity contribution in [3.05, 3.63) is 0 Å². The molecule has 0 aromatic rings. The Hall–Kier alpha value is -0.610. The van der Waals surface area contributed by atoms with Crippen LogP contribution >= 0.6 is 0 Å². The van der Waals surface area contributed by atoms with E-state index >= 15 is 0 Å². The minimum atomic E-state index is -0.704. The van der Waals surface area contributed by atoms with Gasteiger partial charge in [-0.2, -0.15) is 0 Å². The van der Waals surface area contributed by atoms with E-state index in [1.807, 2.05) is 0 Å². The van der Waals surface area contributed by atoms with Crippen LogP contribution in [0.5, 0.6) is 0 Å². The summed E-state index contributed by atoms with van der Waals surface area (Å²) in [5, 5.41) is 16.4. The zero-order valence-electron chi connectivity index (χ0n) is 8.57. The molecule has 0 spiro atoms. The van der Waals surface area contributed by atoms with Crippen molar-refractivity contribution in [3.8, 4) is 0 Å². The molecule has 0 aromatic heterocycles. The monoisotopic (exact) mass is 204 g/mol. The number of hydrogen-bond acceptors (Lipinski definition) is 3. The van der Waals surface area contributed by atoms with Crippen molar-refractivity contribution in [2.45, 2.75) is 51.4 Å². The molecular weight excluding hydrogens is 184 g/mol. The van der Waals surface area contributed by atoms with E-state index in [0.29, 0.717) is 13.0 Å². The molecule has 0 amide bonds. The Balaban J connectivity index is 2.88. The van der Waals surface area contributed by atoms with Crippen LogP contribution in [-0.2, 0) is 9.68 Å². The maximum Gasteiger partial charge on any atom is 0.303 e. The van der Waals surface area contributed by atoms with E-state index in [2.05, 4.69) is 4.89 Å². The van der Waals surface area contributed by atoms with Crippen LogP contribution in [-0.4, -0.2) is 22.9 Å². The summed E-state index contributed by atoms with van der Waals surface area (Å²) < 4.78 is 0. The molecule has 0 saturated heterocycles. The predicted molar refractivity (Wildman–Crippen MR) is 53.2 cm³/mol. The third-order valence-corrected chi connectivity index (χ3v) is 2.13. The van der Waals surface area contributed by atoms with Crippen LogP contribution in [0.4, 0.5) is 0 Å². The Kier molecular flexibility index (Phi) is 10.0. The molecule has 84 valence electrons. The standard InChI is InChI=1S/C10H20O4/c11-10(12)8-6-4-2-1-3-5-7-9-14-13/h13H,1-9H2,(H,11,12). The SMILES string of the molecule is O=C(O)CCCCCCCCCOO. The lowest BCUT2D eigenvalue weighted by Gasteiger charge is -2.00. The summed E-state index contributed by atoms with van der Waals surface area (Å²) in [6, 6.07) is 0. The quantitative estimate of drug-likeness (QED) is 0.326. The number of hydrogen-bond donors (Lipinski definition) is 2. The van der Waals surface area contributed by atoms with Crippen LogP contribution in [0.3, 0.4) is 0 Å². The highest BCUT2D eigenvalue weighted by molar-refractivity contribution is 5.66. The molecule has 0 atom stereocenters. The summed E-state index contributed by atoms with van der Waals surface area (Å²) in [5.41, 5.74) is 0. The van der Waals surface area contributed by atoms with Crippen LogP contribution in [0.25, 0.3) is 0 Å². The molecule has 0 rings (SSSR count). The average molecular weight is 204 g/mol. The first-order chi connectivity index (χ1) is 6.77. The molecule has 0 aromatic carbocycles. The Morgan fingerprint density at radius 2 is 1.43 bits per heavy atom. The van der Waals surface area contributed by atoms with Gasteiger partial charge in [0.15, 0.2) is 0 Å². The lowest BCUT2D eigenvalue weighted by Crippen LogP contribution is -1.93. The minimum absolute atomic E-state index is 0.290. The van der Waals surface area contributed by atoms with Crippen LogP contribution in [0, 0.1) is 0 Å². The van der Waals surface area contributed by atoms with Gasteiger partial charge in [0.25, 0.3) is 0 Å². The fraction of sp³-hybridized carbons (Fsp3) is 0.900. The molecule has 0 bridgehead atoms. The molecule has 2 N–H and O–H groups in total. The van der Waals surface area contributed by atoms with E-state index < -0.39 is 5.97 Å². The third-order valence-electron chi connectivity index (χ3n) is 2.13. The number of carbonyl (C=O) groups is 1. The second kappa shape index (κ2) is 10.5. The molecule has 0 heterocycles. The van der Waals surface area contributed by atoms with Gasteiger partial charge in [-0.05, 0) is 12.8 Å². The second-order valence-electron chi connectivity index (χ2n) is 3.45. The molecule has 4 heteroatoms. The predicted octanol–water partition coefficient (Wildman–Crippen LogP) is 2.68. The Morgan fingerprint density at radius 1 is 0.929 bits per heavy atom. The molecular formula is C10H20O4. The largest absolute Gasteiger partial charge is 0.481 e. The van der Waals surface area contributed by atoms with Crippen molar-refractivity contribution in [3.63, 3.8) is 0 Å². The van der Waals surface area contributed by atoms with Crippen molar-refractivity contribution < 1.29 is 20.0 Å². The summed E-state index contributed by atoms with van der Waals surface area (Å²) in [4.78, 5) is 14.1. The van der Waals surface area contributed by atoms with Gasteiger partial charge in [-0.25, -0.2) is 4.89 Å². The van der Waals surface area contributed by atoms with Gasteiger partial charge in [-0.1, -0.05) is 32.1 Å². The first kappa shape index (κ1) is 13.4. The summed E-state index contributed by atoms with van der Waals surface area (Å²) in [6.07, 6.45) is 7.43. The van der Waals surface area contributed by atoms with Crippen LogP contribution in [0.2, 0.25) is 0 Å². The normalized spacial score (nSPS) is 10.4. The molecule has 0 unspecified atom stereocenters. The van der Waals surface area contributed by atoms with Crippen LogP contribution in [0.15, 0.2) is 0 Å². The molecule has 14 heavy (non-hydrogen) atoms. The number of carboxylic acid groups (broad SMARTS) is 1. The fourth-order valence-electron chi connectivity index (χ4n) is 1.33. The molecule has 0 aliphatic rings. The molecule has 0 saturated carbocycles. The van der Waals surface area contributed by atoms with Crippen molar-refractivity contribution in [2.24, 2.45) is 0 Å². The molecule has 0 aliphatic heterocycles. The highest BCUT2D eigenvalue weighted by atomic mass is 17.1.